The second kappa shape index (κ2) is 14.3. The van der Waals surface area contributed by atoms with Crippen LogP contribution >= 0.6 is 23.2 Å². The molecule has 6 nitrogen and oxygen atoms in total. The maximum atomic E-state index is 13.2. The second-order valence-corrected chi connectivity index (χ2v) is 17.7. The van der Waals surface area contributed by atoms with Gasteiger partial charge in [0, 0.05) is 33.4 Å². The molecule has 2 aliphatic carbocycles. The molecule has 0 atom stereocenters. The highest BCUT2D eigenvalue weighted by Gasteiger charge is 2.35. The van der Waals surface area contributed by atoms with E-state index in [1.165, 1.54) is 0 Å². The zero-order valence-electron chi connectivity index (χ0n) is 31.3. The predicted molar refractivity (Wildman–Crippen MR) is 207 cm³/mol. The number of hydrogen-bond acceptors (Lipinski definition) is 6. The highest BCUT2D eigenvalue weighted by molar-refractivity contribution is 6.36. The Morgan fingerprint density at radius 3 is 1.00 bits per heavy atom. The topological polar surface area (TPSA) is 83.6 Å². The summed E-state index contributed by atoms with van der Waals surface area (Å²) in [6.45, 7) is 24.4. The van der Waals surface area contributed by atoms with Crippen LogP contribution in [0.1, 0.15) is 83.1 Å². The van der Waals surface area contributed by atoms with Crippen LogP contribution in [0, 0.1) is 21.7 Å². The Bertz CT molecular complexity index is 1760. The van der Waals surface area contributed by atoms with E-state index in [2.05, 4.69) is 20.5 Å². The molecule has 2 aromatic rings. The van der Waals surface area contributed by atoms with Crippen LogP contribution < -0.4 is 0 Å². The van der Waals surface area contributed by atoms with Gasteiger partial charge in [0.25, 0.3) is 0 Å². The largest absolute Gasteiger partial charge is 0.289 e. The average molecular weight is 712 g/mol. The fraction of sp³-hybridized carbons (Fsp3) is 0.381. The Labute approximate surface area is 307 Å². The summed E-state index contributed by atoms with van der Waals surface area (Å²) in [5.41, 5.74) is 6.06. The van der Waals surface area contributed by atoms with E-state index in [1.807, 2.05) is 132 Å². The molecule has 0 aromatic heterocycles. The van der Waals surface area contributed by atoms with Crippen molar-refractivity contribution >= 4 is 46.1 Å². The molecule has 0 bridgehead atoms. The third-order valence-electron chi connectivity index (χ3n) is 8.41. The van der Waals surface area contributed by atoms with Crippen molar-refractivity contribution in [2.24, 2.45) is 42.1 Å². The number of halogens is 2. The number of carbonyl (C=O) groups excluding carboxylic acids is 2. The molecule has 0 spiro atoms. The van der Waals surface area contributed by atoms with Crippen LogP contribution in [0.5, 0.6) is 0 Å². The monoisotopic (exact) mass is 710 g/mol. The van der Waals surface area contributed by atoms with Crippen molar-refractivity contribution in [2.45, 2.75) is 83.1 Å². The van der Waals surface area contributed by atoms with E-state index in [4.69, 9.17) is 23.2 Å². The van der Waals surface area contributed by atoms with Crippen LogP contribution in [-0.2, 0) is 9.59 Å². The van der Waals surface area contributed by atoms with Crippen molar-refractivity contribution in [3.8, 4) is 11.1 Å². The normalized spacial score (nSPS) is 16.5. The lowest BCUT2D eigenvalue weighted by Crippen LogP contribution is -2.27. The smallest absolute Gasteiger partial charge is 0.186 e. The van der Waals surface area contributed by atoms with E-state index in [-0.39, 0.29) is 33.2 Å². The van der Waals surface area contributed by atoms with Gasteiger partial charge in [0.05, 0.1) is 33.8 Å². The first-order chi connectivity index (χ1) is 23.0. The van der Waals surface area contributed by atoms with Crippen LogP contribution in [0.4, 0.5) is 11.4 Å². The number of hydrogen-bond donors (Lipinski definition) is 0. The van der Waals surface area contributed by atoms with E-state index >= 15 is 0 Å². The molecule has 0 heterocycles. The second-order valence-electron chi connectivity index (χ2n) is 16.9. The number of allylic oxidation sites excluding steroid dienone is 10. The fourth-order valence-electron chi connectivity index (χ4n) is 5.57. The van der Waals surface area contributed by atoms with Gasteiger partial charge in [0.15, 0.2) is 11.6 Å². The number of carbonyl (C=O) groups is 2. The zero-order valence-corrected chi connectivity index (χ0v) is 32.8. The summed E-state index contributed by atoms with van der Waals surface area (Å²) in [5.74, 6) is 0.150. The number of azo groups is 2. The molecular formula is C42H48Cl2N4O2. The zero-order chi connectivity index (χ0) is 37.4. The molecule has 50 heavy (non-hydrogen) atoms. The van der Waals surface area contributed by atoms with Crippen molar-refractivity contribution in [1.82, 2.24) is 0 Å². The maximum Gasteiger partial charge on any atom is 0.186 e. The van der Waals surface area contributed by atoms with E-state index in [1.54, 1.807) is 24.5 Å². The lowest BCUT2D eigenvalue weighted by Gasteiger charge is -2.31. The Kier molecular flexibility index (Phi) is 11.1. The number of rotatable bonds is 5. The summed E-state index contributed by atoms with van der Waals surface area (Å²) in [4.78, 5) is 26.4. The summed E-state index contributed by atoms with van der Waals surface area (Å²) in [5, 5.41) is 18.3. The third-order valence-corrected chi connectivity index (χ3v) is 9.04. The predicted octanol–water partition coefficient (Wildman–Crippen LogP) is 13.7. The Morgan fingerprint density at radius 2 is 0.760 bits per heavy atom. The van der Waals surface area contributed by atoms with Gasteiger partial charge < -0.3 is 0 Å². The Morgan fingerprint density at radius 1 is 0.480 bits per heavy atom. The molecule has 0 radical (unpaired) electrons. The van der Waals surface area contributed by atoms with E-state index in [9.17, 15) is 9.59 Å². The van der Waals surface area contributed by atoms with Crippen LogP contribution in [0.3, 0.4) is 0 Å². The number of nitrogens with zero attached hydrogens (tertiary/aromatic N) is 4. The number of benzene rings is 2. The Hall–Kier alpha value is -4.00. The minimum absolute atomic E-state index is 0.0750. The molecule has 0 unspecified atom stereocenters. The van der Waals surface area contributed by atoms with Gasteiger partial charge in [-0.3, -0.25) is 9.59 Å². The first kappa shape index (κ1) is 38.8. The molecule has 0 amide bonds. The van der Waals surface area contributed by atoms with Gasteiger partial charge >= 0.3 is 0 Å². The molecule has 4 rings (SSSR count). The minimum atomic E-state index is -0.305. The van der Waals surface area contributed by atoms with Crippen LogP contribution in [-0.4, -0.2) is 11.6 Å². The minimum Gasteiger partial charge on any atom is -0.289 e. The lowest BCUT2D eigenvalue weighted by molar-refractivity contribution is -0.114. The molecule has 0 saturated heterocycles. The number of Topliss-reactive ketones (excluding diaryl/α,β-unsaturated/α-hetero) is 2. The van der Waals surface area contributed by atoms with Gasteiger partial charge in [-0.2, -0.15) is 20.5 Å². The van der Waals surface area contributed by atoms with Gasteiger partial charge in [-0.15, -0.1) is 0 Å². The summed E-state index contributed by atoms with van der Waals surface area (Å²) < 4.78 is 0. The lowest BCUT2D eigenvalue weighted by atomic mass is 9.72. The van der Waals surface area contributed by atoms with Gasteiger partial charge in [0.2, 0.25) is 0 Å². The van der Waals surface area contributed by atoms with E-state index in [0.29, 0.717) is 21.4 Å². The molecule has 2 aromatic carbocycles. The average Bonchev–Trinajstić information content (AvgIpc) is 2.97. The van der Waals surface area contributed by atoms with Crippen LogP contribution in [0.2, 0.25) is 10.0 Å². The summed E-state index contributed by atoms with van der Waals surface area (Å²) in [6, 6.07) is 10.8. The van der Waals surface area contributed by atoms with Crippen LogP contribution in [0.15, 0.2) is 127 Å². The molecule has 0 fully saturated rings. The summed E-state index contributed by atoms with van der Waals surface area (Å²) in [6.07, 6.45) is 10.9. The molecule has 262 valence electrons. The van der Waals surface area contributed by atoms with E-state index < -0.39 is 0 Å². The highest BCUT2D eigenvalue weighted by Crippen LogP contribution is 2.41. The Balaban J connectivity index is 1.55. The molecule has 0 aliphatic heterocycles. The van der Waals surface area contributed by atoms with Crippen molar-refractivity contribution in [2.75, 3.05) is 0 Å². The highest BCUT2D eigenvalue weighted by atomic mass is 35.5. The maximum absolute atomic E-state index is 13.2. The van der Waals surface area contributed by atoms with Crippen molar-refractivity contribution in [3.05, 3.63) is 117 Å². The fourth-order valence-corrected chi connectivity index (χ4v) is 6.13. The first-order valence-corrected chi connectivity index (χ1v) is 17.5. The van der Waals surface area contributed by atoms with Crippen molar-refractivity contribution in [1.29, 1.82) is 0 Å². The molecule has 0 saturated carbocycles. The van der Waals surface area contributed by atoms with Crippen LogP contribution in [0.25, 0.3) is 11.1 Å². The van der Waals surface area contributed by atoms with Crippen molar-refractivity contribution < 1.29 is 9.59 Å². The third kappa shape index (κ3) is 9.21. The molecule has 2 aliphatic rings. The van der Waals surface area contributed by atoms with E-state index in [0.717, 1.165) is 44.6 Å². The molecule has 0 N–H and O–H groups in total. The summed E-state index contributed by atoms with van der Waals surface area (Å²) in [7, 11) is 0. The molecule has 8 heteroatoms. The van der Waals surface area contributed by atoms with Crippen molar-refractivity contribution in [3.63, 3.8) is 0 Å². The SMILES string of the molecule is CC(C)(C)C1=CC(=CN=Nc2ccc(-c3ccc(N=NC=C4C=C(C(C)(C)C)C(=O)C(C(C)(C)C)=C4)cc3Cl)c(Cl)c2)C=C(C(C)(C)C)C1=O. The molecular weight excluding hydrogens is 663 g/mol. The first-order valence-electron chi connectivity index (χ1n) is 16.8. The van der Waals surface area contributed by atoms with Gasteiger partial charge in [-0.1, -0.05) is 118 Å². The van der Waals surface area contributed by atoms with Gasteiger partial charge in [0.1, 0.15) is 0 Å². The van der Waals surface area contributed by atoms with Gasteiger partial charge in [-0.25, -0.2) is 0 Å². The number of ketones is 2. The summed E-state index contributed by atoms with van der Waals surface area (Å²) >= 11 is 13.4. The standard InChI is InChI=1S/C42H48Cl2N4O2/c1-39(2,3)31-17-25(18-32(37(31)49)40(4,5)6)23-45-47-27-13-15-29(35(43)21-27)30-16-14-28(22-36(30)44)48-46-24-26-19-33(41(7,8)9)38(50)34(20-26)42(10,11)12/h13-24H,1-12H3. The quantitative estimate of drug-likeness (QED) is 0.289. The van der Waals surface area contributed by atoms with Gasteiger partial charge in [-0.05, 0) is 81.4 Å².